The highest BCUT2D eigenvalue weighted by Crippen LogP contribution is 2.33. The fourth-order valence-electron chi connectivity index (χ4n) is 2.72. The van der Waals surface area contributed by atoms with Gasteiger partial charge in [0, 0.05) is 5.56 Å². The summed E-state index contributed by atoms with van der Waals surface area (Å²) in [5.41, 5.74) is 1.73. The zero-order chi connectivity index (χ0) is 17.9. The fraction of sp³-hybridized carbons (Fsp3) is 0.368. The molecule has 0 aliphatic rings. The van der Waals surface area contributed by atoms with Crippen LogP contribution < -0.4 is 5.32 Å². The number of aliphatic carboxylic acids is 1. The summed E-state index contributed by atoms with van der Waals surface area (Å²) < 4.78 is 5.26. The smallest absolute Gasteiger partial charge is 0.311 e. The average Bonchev–Trinajstić information content (AvgIpc) is 2.84. The molecule has 0 spiro atoms. The largest absolute Gasteiger partial charge is 0.481 e. The molecule has 0 saturated carbocycles. The monoisotopic (exact) mass is 329 g/mol. The molecule has 1 aromatic carbocycles. The zero-order valence-corrected chi connectivity index (χ0v) is 14.4. The Morgan fingerprint density at radius 2 is 1.83 bits per heavy atom. The van der Waals surface area contributed by atoms with Gasteiger partial charge in [0.15, 0.2) is 0 Å². The van der Waals surface area contributed by atoms with Crippen LogP contribution in [0.1, 0.15) is 54.1 Å². The number of carboxylic acids is 1. The Labute approximate surface area is 141 Å². The van der Waals surface area contributed by atoms with Crippen LogP contribution in [-0.2, 0) is 11.2 Å². The SMILES string of the molecule is Cc1coc(CC(=O)O)c1C(=O)NC(c1ccccc1)C(C)(C)C. The van der Waals surface area contributed by atoms with E-state index in [0.29, 0.717) is 11.1 Å². The van der Waals surface area contributed by atoms with E-state index in [1.54, 1.807) is 6.92 Å². The molecule has 1 atom stereocenters. The quantitative estimate of drug-likeness (QED) is 0.876. The molecule has 0 aliphatic carbocycles. The molecule has 1 unspecified atom stereocenters. The first-order chi connectivity index (χ1) is 11.2. The minimum Gasteiger partial charge on any atom is -0.481 e. The van der Waals surface area contributed by atoms with E-state index in [1.807, 2.05) is 51.1 Å². The molecular weight excluding hydrogens is 306 g/mol. The number of hydrogen-bond donors (Lipinski definition) is 2. The van der Waals surface area contributed by atoms with Crippen molar-refractivity contribution in [1.82, 2.24) is 5.32 Å². The highest BCUT2D eigenvalue weighted by Gasteiger charge is 2.30. The van der Waals surface area contributed by atoms with E-state index in [1.165, 1.54) is 6.26 Å². The number of carbonyl (C=O) groups is 2. The maximum Gasteiger partial charge on any atom is 0.311 e. The number of aryl methyl sites for hydroxylation is 1. The highest BCUT2D eigenvalue weighted by atomic mass is 16.4. The van der Waals surface area contributed by atoms with Gasteiger partial charge in [-0.15, -0.1) is 0 Å². The van der Waals surface area contributed by atoms with Crippen LogP contribution in [0.4, 0.5) is 0 Å². The van der Waals surface area contributed by atoms with Crippen molar-refractivity contribution in [3.8, 4) is 0 Å². The van der Waals surface area contributed by atoms with Crippen LogP contribution in [0.3, 0.4) is 0 Å². The number of carboxylic acid groups (broad SMARTS) is 1. The number of furan rings is 1. The van der Waals surface area contributed by atoms with Crippen molar-refractivity contribution in [3.05, 3.63) is 59.0 Å². The second-order valence-electron chi connectivity index (χ2n) is 6.97. The van der Waals surface area contributed by atoms with E-state index in [2.05, 4.69) is 5.32 Å². The minimum atomic E-state index is -1.03. The highest BCUT2D eigenvalue weighted by molar-refractivity contribution is 5.97. The van der Waals surface area contributed by atoms with Gasteiger partial charge in [0.25, 0.3) is 5.91 Å². The lowest BCUT2D eigenvalue weighted by Crippen LogP contribution is -2.37. The minimum absolute atomic E-state index is 0.179. The molecule has 0 bridgehead atoms. The first-order valence-electron chi connectivity index (χ1n) is 7.84. The Hall–Kier alpha value is -2.56. The number of rotatable bonds is 5. The van der Waals surface area contributed by atoms with E-state index in [0.717, 1.165) is 5.56 Å². The van der Waals surface area contributed by atoms with Gasteiger partial charge in [-0.2, -0.15) is 0 Å². The summed E-state index contributed by atoms with van der Waals surface area (Å²) in [5.74, 6) is -1.17. The molecule has 0 saturated heterocycles. The van der Waals surface area contributed by atoms with Crippen LogP contribution in [0.5, 0.6) is 0 Å². The Balaban J connectivity index is 2.33. The van der Waals surface area contributed by atoms with Crippen molar-refractivity contribution >= 4 is 11.9 Å². The molecule has 2 N–H and O–H groups in total. The molecule has 2 aromatic rings. The standard InChI is InChI=1S/C19H23NO4/c1-12-11-24-14(10-15(21)22)16(12)18(23)20-17(19(2,3)4)13-8-6-5-7-9-13/h5-9,11,17H,10H2,1-4H3,(H,20,23)(H,21,22). The van der Waals surface area contributed by atoms with Gasteiger partial charge >= 0.3 is 5.97 Å². The lowest BCUT2D eigenvalue weighted by molar-refractivity contribution is -0.136. The number of benzene rings is 1. The van der Waals surface area contributed by atoms with Crippen LogP contribution in [0.2, 0.25) is 0 Å². The van der Waals surface area contributed by atoms with Gasteiger partial charge < -0.3 is 14.8 Å². The van der Waals surface area contributed by atoms with Gasteiger partial charge in [-0.05, 0) is 17.9 Å². The van der Waals surface area contributed by atoms with Gasteiger partial charge in [-0.25, -0.2) is 0 Å². The van der Waals surface area contributed by atoms with Crippen molar-refractivity contribution < 1.29 is 19.1 Å². The fourth-order valence-corrected chi connectivity index (χ4v) is 2.72. The molecule has 5 heteroatoms. The second-order valence-corrected chi connectivity index (χ2v) is 6.97. The summed E-state index contributed by atoms with van der Waals surface area (Å²) in [6.45, 7) is 7.88. The number of carbonyl (C=O) groups excluding carboxylic acids is 1. The number of amides is 1. The van der Waals surface area contributed by atoms with Gasteiger partial charge in [0.05, 0.1) is 17.9 Å². The summed E-state index contributed by atoms with van der Waals surface area (Å²) in [5, 5.41) is 12.0. The summed E-state index contributed by atoms with van der Waals surface area (Å²) in [7, 11) is 0. The molecule has 128 valence electrons. The van der Waals surface area contributed by atoms with E-state index < -0.39 is 5.97 Å². The molecule has 24 heavy (non-hydrogen) atoms. The Bertz CT molecular complexity index is 726. The van der Waals surface area contributed by atoms with Gasteiger partial charge in [-0.1, -0.05) is 51.1 Å². The molecule has 0 radical (unpaired) electrons. The number of nitrogens with one attached hydrogen (secondary N) is 1. The van der Waals surface area contributed by atoms with Crippen molar-refractivity contribution in [1.29, 1.82) is 0 Å². The lowest BCUT2D eigenvalue weighted by atomic mass is 9.82. The van der Waals surface area contributed by atoms with Crippen molar-refractivity contribution in [2.45, 2.75) is 40.2 Å². The Morgan fingerprint density at radius 3 is 2.38 bits per heavy atom. The summed E-state index contributed by atoms with van der Waals surface area (Å²) in [4.78, 5) is 23.8. The van der Waals surface area contributed by atoms with Crippen molar-refractivity contribution in [2.75, 3.05) is 0 Å². The topological polar surface area (TPSA) is 79.5 Å². The van der Waals surface area contributed by atoms with E-state index in [4.69, 9.17) is 9.52 Å². The third-order valence-electron chi connectivity index (χ3n) is 3.86. The van der Waals surface area contributed by atoms with E-state index in [-0.39, 0.29) is 29.5 Å². The predicted octanol–water partition coefficient (Wildman–Crippen LogP) is 3.73. The third-order valence-corrected chi connectivity index (χ3v) is 3.86. The maximum atomic E-state index is 12.8. The van der Waals surface area contributed by atoms with Crippen LogP contribution in [0.15, 0.2) is 41.0 Å². The molecule has 0 aliphatic heterocycles. The van der Waals surface area contributed by atoms with E-state index >= 15 is 0 Å². The Kier molecular flexibility index (Phi) is 5.12. The summed E-state index contributed by atoms with van der Waals surface area (Å²) in [6, 6.07) is 9.51. The third kappa shape index (κ3) is 4.04. The maximum absolute atomic E-state index is 12.8. The summed E-state index contributed by atoms with van der Waals surface area (Å²) in [6.07, 6.45) is 1.10. The molecule has 1 amide bonds. The zero-order valence-electron chi connectivity index (χ0n) is 14.4. The molecule has 2 rings (SSSR count). The molecule has 1 aromatic heterocycles. The molecule has 5 nitrogen and oxygen atoms in total. The van der Waals surface area contributed by atoms with Gasteiger partial charge in [0.1, 0.15) is 12.2 Å². The summed E-state index contributed by atoms with van der Waals surface area (Å²) >= 11 is 0. The van der Waals surface area contributed by atoms with Crippen LogP contribution in [0, 0.1) is 12.3 Å². The van der Waals surface area contributed by atoms with Crippen LogP contribution >= 0.6 is 0 Å². The van der Waals surface area contributed by atoms with Crippen molar-refractivity contribution in [3.63, 3.8) is 0 Å². The molecular formula is C19H23NO4. The van der Waals surface area contributed by atoms with Gasteiger partial charge in [-0.3, -0.25) is 9.59 Å². The average molecular weight is 329 g/mol. The van der Waals surface area contributed by atoms with Gasteiger partial charge in [0.2, 0.25) is 0 Å². The predicted molar refractivity (Wildman–Crippen MR) is 90.9 cm³/mol. The van der Waals surface area contributed by atoms with Crippen LogP contribution in [-0.4, -0.2) is 17.0 Å². The normalized spacial score (nSPS) is 12.7. The molecule has 1 heterocycles. The molecule has 0 fully saturated rings. The Morgan fingerprint density at radius 1 is 1.21 bits per heavy atom. The first kappa shape index (κ1) is 17.8. The lowest BCUT2D eigenvalue weighted by Gasteiger charge is -2.32. The van der Waals surface area contributed by atoms with Crippen molar-refractivity contribution in [2.24, 2.45) is 5.41 Å². The van der Waals surface area contributed by atoms with E-state index in [9.17, 15) is 9.59 Å². The van der Waals surface area contributed by atoms with Crippen LogP contribution in [0.25, 0.3) is 0 Å². The first-order valence-corrected chi connectivity index (χ1v) is 7.84. The second kappa shape index (κ2) is 6.91. The number of hydrogen-bond acceptors (Lipinski definition) is 3.